The standard InChI is InChI=1S/C22H21FN4O2/c23-18-7-5-16(6-8-18)17-12-20(13-17)26-21(28)25-19-4-1-3-15(11-19)14-27-10-2-9-24-22(27)29/h1-11,17,20H,12-14H2,(H2,25,26,28). The molecule has 6 nitrogen and oxygen atoms in total. The quantitative estimate of drug-likeness (QED) is 0.698. The summed E-state index contributed by atoms with van der Waals surface area (Å²) < 4.78 is 14.5. The van der Waals surface area contributed by atoms with E-state index in [1.807, 2.05) is 18.2 Å². The monoisotopic (exact) mass is 392 g/mol. The molecule has 0 spiro atoms. The average molecular weight is 392 g/mol. The first-order valence-corrected chi connectivity index (χ1v) is 9.50. The molecule has 0 saturated heterocycles. The van der Waals surface area contributed by atoms with Crippen LogP contribution in [-0.2, 0) is 6.54 Å². The highest BCUT2D eigenvalue weighted by atomic mass is 19.1. The lowest BCUT2D eigenvalue weighted by Crippen LogP contribution is -2.45. The Morgan fingerprint density at radius 1 is 1.14 bits per heavy atom. The molecule has 3 aromatic rings. The predicted molar refractivity (Wildman–Crippen MR) is 108 cm³/mol. The van der Waals surface area contributed by atoms with Gasteiger partial charge in [-0.1, -0.05) is 24.3 Å². The maximum absolute atomic E-state index is 13.0. The number of aromatic nitrogens is 2. The van der Waals surface area contributed by atoms with Gasteiger partial charge in [0.25, 0.3) is 0 Å². The molecule has 0 unspecified atom stereocenters. The fourth-order valence-electron chi connectivity index (χ4n) is 3.55. The molecule has 4 rings (SSSR count). The highest BCUT2D eigenvalue weighted by molar-refractivity contribution is 5.89. The van der Waals surface area contributed by atoms with Gasteiger partial charge in [-0.15, -0.1) is 0 Å². The summed E-state index contributed by atoms with van der Waals surface area (Å²) in [5.41, 5.74) is 2.33. The Labute approximate surface area is 167 Å². The molecule has 148 valence electrons. The minimum absolute atomic E-state index is 0.0993. The second kappa shape index (κ2) is 8.26. The van der Waals surface area contributed by atoms with Crippen LogP contribution in [0.1, 0.15) is 29.9 Å². The van der Waals surface area contributed by atoms with Gasteiger partial charge in [0.2, 0.25) is 0 Å². The smallest absolute Gasteiger partial charge is 0.335 e. The molecule has 2 amide bonds. The normalized spacial score (nSPS) is 18.0. The third kappa shape index (κ3) is 4.68. The minimum atomic E-state index is -0.315. The number of carbonyl (C=O) groups is 1. The van der Waals surface area contributed by atoms with Gasteiger partial charge in [-0.2, -0.15) is 0 Å². The van der Waals surface area contributed by atoms with Crippen LogP contribution in [0.2, 0.25) is 0 Å². The maximum atomic E-state index is 13.0. The summed E-state index contributed by atoms with van der Waals surface area (Å²) in [5.74, 6) is 0.111. The topological polar surface area (TPSA) is 76.0 Å². The molecule has 2 aromatic carbocycles. The van der Waals surface area contributed by atoms with Crippen LogP contribution < -0.4 is 16.3 Å². The van der Waals surface area contributed by atoms with Gasteiger partial charge in [0, 0.05) is 24.1 Å². The number of carbonyl (C=O) groups excluding carboxylic acids is 1. The van der Waals surface area contributed by atoms with Crippen LogP contribution in [0.25, 0.3) is 0 Å². The van der Waals surface area contributed by atoms with Crippen LogP contribution >= 0.6 is 0 Å². The Morgan fingerprint density at radius 3 is 2.69 bits per heavy atom. The predicted octanol–water partition coefficient (Wildman–Crippen LogP) is 3.50. The van der Waals surface area contributed by atoms with Crippen molar-refractivity contribution in [2.24, 2.45) is 0 Å². The zero-order chi connectivity index (χ0) is 20.2. The Hall–Kier alpha value is -3.48. The summed E-state index contributed by atoms with van der Waals surface area (Å²) in [7, 11) is 0. The van der Waals surface area contributed by atoms with Crippen LogP contribution in [0.5, 0.6) is 0 Å². The van der Waals surface area contributed by atoms with E-state index in [0.717, 1.165) is 24.0 Å². The number of benzene rings is 2. The van der Waals surface area contributed by atoms with E-state index in [1.165, 1.54) is 22.9 Å². The first-order chi connectivity index (χ1) is 14.1. The average Bonchev–Trinajstić information content (AvgIpc) is 2.67. The lowest BCUT2D eigenvalue weighted by molar-refractivity contribution is 0.233. The lowest BCUT2D eigenvalue weighted by Gasteiger charge is -2.36. The molecule has 0 aliphatic heterocycles. The molecule has 0 radical (unpaired) electrons. The van der Waals surface area contributed by atoms with Gasteiger partial charge < -0.3 is 10.6 Å². The molecular formula is C22H21FN4O2. The van der Waals surface area contributed by atoms with Crippen molar-refractivity contribution in [1.29, 1.82) is 0 Å². The second-order valence-corrected chi connectivity index (χ2v) is 7.25. The Kier molecular flexibility index (Phi) is 5.37. The van der Waals surface area contributed by atoms with E-state index in [1.54, 1.807) is 30.5 Å². The van der Waals surface area contributed by atoms with Gasteiger partial charge >= 0.3 is 11.7 Å². The Bertz CT molecular complexity index is 1060. The van der Waals surface area contributed by atoms with E-state index in [0.29, 0.717) is 18.2 Å². The third-order valence-electron chi connectivity index (χ3n) is 5.14. The van der Waals surface area contributed by atoms with Gasteiger partial charge in [-0.05, 0) is 60.2 Å². The molecule has 1 aliphatic carbocycles. The van der Waals surface area contributed by atoms with Crippen LogP contribution in [0.3, 0.4) is 0 Å². The summed E-state index contributed by atoms with van der Waals surface area (Å²) in [6.07, 6.45) is 4.81. The number of amides is 2. The van der Waals surface area contributed by atoms with Crippen molar-refractivity contribution in [3.05, 3.63) is 94.4 Å². The molecule has 1 aromatic heterocycles. The van der Waals surface area contributed by atoms with Gasteiger partial charge in [0.05, 0.1) is 6.54 Å². The molecule has 1 heterocycles. The van der Waals surface area contributed by atoms with Gasteiger partial charge in [0.15, 0.2) is 0 Å². The molecule has 7 heteroatoms. The highest BCUT2D eigenvalue weighted by Crippen LogP contribution is 2.36. The summed E-state index contributed by atoms with van der Waals surface area (Å²) in [5, 5.41) is 5.81. The largest absolute Gasteiger partial charge is 0.347 e. The highest BCUT2D eigenvalue weighted by Gasteiger charge is 2.31. The van der Waals surface area contributed by atoms with E-state index >= 15 is 0 Å². The number of hydrogen-bond acceptors (Lipinski definition) is 3. The van der Waals surface area contributed by atoms with Crippen molar-refractivity contribution < 1.29 is 9.18 Å². The van der Waals surface area contributed by atoms with Crippen LogP contribution in [0, 0.1) is 5.82 Å². The van der Waals surface area contributed by atoms with Crippen LogP contribution in [-0.4, -0.2) is 21.6 Å². The first kappa shape index (κ1) is 18.9. The van der Waals surface area contributed by atoms with Crippen molar-refractivity contribution in [3.8, 4) is 0 Å². The van der Waals surface area contributed by atoms with Crippen molar-refractivity contribution in [2.75, 3.05) is 5.32 Å². The number of anilines is 1. The summed E-state index contributed by atoms with van der Waals surface area (Å²) in [4.78, 5) is 27.8. The molecule has 0 bridgehead atoms. The number of halogens is 1. The van der Waals surface area contributed by atoms with Gasteiger partial charge in [-0.3, -0.25) is 4.57 Å². The second-order valence-electron chi connectivity index (χ2n) is 7.25. The lowest BCUT2D eigenvalue weighted by atomic mass is 9.76. The van der Waals surface area contributed by atoms with Crippen LogP contribution in [0.4, 0.5) is 14.9 Å². The van der Waals surface area contributed by atoms with Crippen LogP contribution in [0.15, 0.2) is 71.8 Å². The number of rotatable bonds is 5. The van der Waals surface area contributed by atoms with E-state index in [2.05, 4.69) is 15.6 Å². The summed E-state index contributed by atoms with van der Waals surface area (Å²) >= 11 is 0. The van der Waals surface area contributed by atoms with E-state index in [4.69, 9.17) is 0 Å². The van der Waals surface area contributed by atoms with E-state index < -0.39 is 0 Å². The van der Waals surface area contributed by atoms with E-state index in [-0.39, 0.29) is 23.6 Å². The fraction of sp³-hybridized carbons (Fsp3) is 0.227. The minimum Gasteiger partial charge on any atom is -0.335 e. The van der Waals surface area contributed by atoms with E-state index in [9.17, 15) is 14.0 Å². The number of hydrogen-bond donors (Lipinski definition) is 2. The van der Waals surface area contributed by atoms with Gasteiger partial charge in [0.1, 0.15) is 5.82 Å². The summed E-state index contributed by atoms with van der Waals surface area (Å²) in [6, 6.07) is 15.4. The van der Waals surface area contributed by atoms with Crippen molar-refractivity contribution >= 4 is 11.7 Å². The third-order valence-corrected chi connectivity index (χ3v) is 5.14. The first-order valence-electron chi connectivity index (χ1n) is 9.50. The Morgan fingerprint density at radius 2 is 1.93 bits per heavy atom. The molecule has 29 heavy (non-hydrogen) atoms. The zero-order valence-electron chi connectivity index (χ0n) is 15.7. The molecule has 1 fully saturated rings. The molecule has 1 saturated carbocycles. The number of urea groups is 1. The number of nitrogens with zero attached hydrogens (tertiary/aromatic N) is 2. The summed E-state index contributed by atoms with van der Waals surface area (Å²) in [6.45, 7) is 0.381. The van der Waals surface area contributed by atoms with Crippen molar-refractivity contribution in [3.63, 3.8) is 0 Å². The Balaban J connectivity index is 1.30. The van der Waals surface area contributed by atoms with Crippen molar-refractivity contribution in [1.82, 2.24) is 14.9 Å². The zero-order valence-corrected chi connectivity index (χ0v) is 15.7. The maximum Gasteiger partial charge on any atom is 0.347 e. The molecule has 2 N–H and O–H groups in total. The van der Waals surface area contributed by atoms with Crippen molar-refractivity contribution in [2.45, 2.75) is 31.3 Å². The molecular weight excluding hydrogens is 371 g/mol. The molecule has 0 atom stereocenters. The SMILES string of the molecule is O=C(Nc1cccc(Cn2cccnc2=O)c1)NC1CC(c2ccc(F)cc2)C1. The molecule has 1 aliphatic rings. The van der Waals surface area contributed by atoms with Gasteiger partial charge in [-0.25, -0.2) is 19.0 Å². The fourth-order valence-corrected chi connectivity index (χ4v) is 3.55. The number of nitrogens with one attached hydrogen (secondary N) is 2.